The molecule has 0 saturated heterocycles. The van der Waals surface area contributed by atoms with Crippen LogP contribution in [0.25, 0.3) is 0 Å². The summed E-state index contributed by atoms with van der Waals surface area (Å²) in [7, 11) is 0. The van der Waals surface area contributed by atoms with Gasteiger partial charge < -0.3 is 5.11 Å². The quantitative estimate of drug-likeness (QED) is 0.918. The van der Waals surface area contributed by atoms with Gasteiger partial charge in [0.05, 0.1) is 12.1 Å². The molecule has 2 aliphatic rings. The van der Waals surface area contributed by atoms with Gasteiger partial charge in [0.25, 0.3) is 0 Å². The van der Waals surface area contributed by atoms with E-state index in [1.54, 1.807) is 0 Å². The maximum Gasteiger partial charge on any atom is 0.153 e. The van der Waals surface area contributed by atoms with Gasteiger partial charge in [-0.2, -0.15) is 5.10 Å². The molecule has 0 aromatic carbocycles. The molecule has 0 radical (unpaired) electrons. The van der Waals surface area contributed by atoms with Crippen molar-refractivity contribution in [2.24, 2.45) is 11.3 Å². The largest absolute Gasteiger partial charge is 0.393 e. The minimum atomic E-state index is -0.183. The molecule has 1 aromatic heterocycles. The van der Waals surface area contributed by atoms with Gasteiger partial charge in [-0.25, -0.2) is 9.67 Å². The van der Waals surface area contributed by atoms with Crippen LogP contribution in [0.3, 0.4) is 0 Å². The predicted octanol–water partition coefficient (Wildman–Crippen LogP) is 3.29. The van der Waals surface area contributed by atoms with Crippen LogP contribution in [0.5, 0.6) is 0 Å². The van der Waals surface area contributed by atoms with E-state index in [1.807, 2.05) is 6.33 Å². The van der Waals surface area contributed by atoms with E-state index in [0.29, 0.717) is 17.9 Å². The van der Waals surface area contributed by atoms with Crippen LogP contribution in [0.1, 0.15) is 77.1 Å². The zero-order valence-electron chi connectivity index (χ0n) is 12.9. The van der Waals surface area contributed by atoms with Gasteiger partial charge in [-0.15, -0.1) is 0 Å². The summed E-state index contributed by atoms with van der Waals surface area (Å²) in [5, 5.41) is 14.8. The van der Waals surface area contributed by atoms with Crippen molar-refractivity contribution in [2.75, 3.05) is 0 Å². The van der Waals surface area contributed by atoms with Crippen molar-refractivity contribution in [3.8, 4) is 0 Å². The van der Waals surface area contributed by atoms with Gasteiger partial charge in [0.2, 0.25) is 0 Å². The summed E-state index contributed by atoms with van der Waals surface area (Å²) >= 11 is 0. The third-order valence-electron chi connectivity index (χ3n) is 5.51. The lowest BCUT2D eigenvalue weighted by Gasteiger charge is -2.43. The summed E-state index contributed by atoms with van der Waals surface area (Å²) in [5.74, 6) is 2.19. The lowest BCUT2D eigenvalue weighted by molar-refractivity contribution is 0.0169. The monoisotopic (exact) mass is 277 g/mol. The van der Waals surface area contributed by atoms with E-state index < -0.39 is 0 Å². The van der Waals surface area contributed by atoms with Gasteiger partial charge in [-0.05, 0) is 43.4 Å². The second-order valence-electron chi connectivity index (χ2n) is 7.34. The zero-order chi connectivity index (χ0) is 14.3. The number of aliphatic hydroxyl groups excluding tert-OH is 1. The molecular formula is C16H27N3O. The maximum absolute atomic E-state index is 10.1. The van der Waals surface area contributed by atoms with Gasteiger partial charge in [0, 0.05) is 5.92 Å². The predicted molar refractivity (Wildman–Crippen MR) is 78.5 cm³/mol. The van der Waals surface area contributed by atoms with E-state index in [4.69, 9.17) is 5.10 Å². The molecule has 2 saturated carbocycles. The van der Waals surface area contributed by atoms with E-state index in [2.05, 4.69) is 30.4 Å². The second kappa shape index (κ2) is 5.14. The molecule has 2 aliphatic carbocycles. The Hall–Kier alpha value is -0.900. The Kier molecular flexibility index (Phi) is 3.61. The number of hydrogen-bond acceptors (Lipinski definition) is 3. The SMILES string of the molecule is CCC(C)(C)C1CCC(O)CC1n1cnc(C2CC2)n1. The van der Waals surface area contributed by atoms with Gasteiger partial charge >= 0.3 is 0 Å². The van der Waals surface area contributed by atoms with Gasteiger partial charge in [0.1, 0.15) is 6.33 Å². The highest BCUT2D eigenvalue weighted by Crippen LogP contribution is 2.46. The van der Waals surface area contributed by atoms with Crippen molar-refractivity contribution < 1.29 is 5.11 Å². The molecule has 20 heavy (non-hydrogen) atoms. The third kappa shape index (κ3) is 2.62. The van der Waals surface area contributed by atoms with Crippen molar-refractivity contribution in [2.45, 2.75) is 77.4 Å². The highest BCUT2D eigenvalue weighted by molar-refractivity contribution is 5.03. The number of aliphatic hydroxyl groups is 1. The lowest BCUT2D eigenvalue weighted by atomic mass is 9.66. The molecule has 0 amide bonds. The fourth-order valence-electron chi connectivity index (χ4n) is 3.57. The molecule has 1 aromatic rings. The van der Waals surface area contributed by atoms with E-state index in [-0.39, 0.29) is 11.5 Å². The van der Waals surface area contributed by atoms with E-state index >= 15 is 0 Å². The molecule has 4 heteroatoms. The van der Waals surface area contributed by atoms with Crippen LogP contribution < -0.4 is 0 Å². The number of hydrogen-bond donors (Lipinski definition) is 1. The summed E-state index contributed by atoms with van der Waals surface area (Å²) in [6.07, 6.45) is 8.19. The van der Waals surface area contributed by atoms with Gasteiger partial charge in [-0.3, -0.25) is 0 Å². The maximum atomic E-state index is 10.1. The molecule has 3 unspecified atom stereocenters. The first-order chi connectivity index (χ1) is 9.51. The Morgan fingerprint density at radius 3 is 2.70 bits per heavy atom. The van der Waals surface area contributed by atoms with Crippen LogP contribution >= 0.6 is 0 Å². The van der Waals surface area contributed by atoms with Crippen LogP contribution in [0, 0.1) is 11.3 Å². The van der Waals surface area contributed by atoms with Crippen molar-refractivity contribution in [1.29, 1.82) is 0 Å². The smallest absolute Gasteiger partial charge is 0.153 e. The summed E-state index contributed by atoms with van der Waals surface area (Å²) in [6, 6.07) is 0.300. The van der Waals surface area contributed by atoms with Crippen molar-refractivity contribution >= 4 is 0 Å². The molecule has 3 atom stereocenters. The number of aromatic nitrogens is 3. The Labute approximate surface area is 121 Å². The molecule has 1 N–H and O–H groups in total. The average Bonchev–Trinajstić information content (AvgIpc) is 3.16. The molecule has 4 nitrogen and oxygen atoms in total. The number of rotatable bonds is 4. The van der Waals surface area contributed by atoms with Crippen molar-refractivity contribution in [3.63, 3.8) is 0 Å². The highest BCUT2D eigenvalue weighted by atomic mass is 16.3. The molecule has 0 aliphatic heterocycles. The van der Waals surface area contributed by atoms with E-state index in [1.165, 1.54) is 12.8 Å². The topological polar surface area (TPSA) is 50.9 Å². The fraction of sp³-hybridized carbons (Fsp3) is 0.875. The molecule has 0 spiro atoms. The van der Waals surface area contributed by atoms with Crippen LogP contribution in [0.2, 0.25) is 0 Å². The molecule has 112 valence electrons. The van der Waals surface area contributed by atoms with Gasteiger partial charge in [-0.1, -0.05) is 27.2 Å². The molecule has 3 rings (SSSR count). The fourth-order valence-corrected chi connectivity index (χ4v) is 3.57. The van der Waals surface area contributed by atoms with Gasteiger partial charge in [0.15, 0.2) is 5.82 Å². The summed E-state index contributed by atoms with van der Waals surface area (Å²) < 4.78 is 2.05. The summed E-state index contributed by atoms with van der Waals surface area (Å²) in [4.78, 5) is 4.49. The first-order valence-electron chi connectivity index (χ1n) is 8.10. The molecule has 2 fully saturated rings. The first kappa shape index (κ1) is 14.1. The number of nitrogens with zero attached hydrogens (tertiary/aromatic N) is 3. The van der Waals surface area contributed by atoms with E-state index in [0.717, 1.165) is 31.5 Å². The molecule has 1 heterocycles. The third-order valence-corrected chi connectivity index (χ3v) is 5.51. The van der Waals surface area contributed by atoms with E-state index in [9.17, 15) is 5.11 Å². The Bertz CT molecular complexity index is 464. The Balaban J connectivity index is 1.84. The lowest BCUT2D eigenvalue weighted by Crippen LogP contribution is -2.38. The van der Waals surface area contributed by atoms with Crippen LogP contribution in [0.4, 0.5) is 0 Å². The van der Waals surface area contributed by atoms with Crippen LogP contribution in [0.15, 0.2) is 6.33 Å². The van der Waals surface area contributed by atoms with Crippen LogP contribution in [-0.2, 0) is 0 Å². The second-order valence-corrected chi connectivity index (χ2v) is 7.34. The summed E-state index contributed by atoms with van der Waals surface area (Å²) in [5.41, 5.74) is 0.288. The minimum absolute atomic E-state index is 0.183. The van der Waals surface area contributed by atoms with Crippen molar-refractivity contribution in [1.82, 2.24) is 14.8 Å². The standard InChI is InChI=1S/C16H27N3O/c1-4-16(2,3)13-8-7-12(20)9-14(13)19-10-17-15(18-19)11-5-6-11/h10-14,20H,4-9H2,1-3H3. The molecule has 0 bridgehead atoms. The average molecular weight is 277 g/mol. The van der Waals surface area contributed by atoms with Crippen LogP contribution in [-0.4, -0.2) is 26.0 Å². The zero-order valence-corrected chi connectivity index (χ0v) is 12.9. The Morgan fingerprint density at radius 2 is 2.05 bits per heavy atom. The molecular weight excluding hydrogens is 250 g/mol. The summed E-state index contributed by atoms with van der Waals surface area (Å²) in [6.45, 7) is 6.96. The minimum Gasteiger partial charge on any atom is -0.393 e. The van der Waals surface area contributed by atoms with Crippen molar-refractivity contribution in [3.05, 3.63) is 12.2 Å². The first-order valence-corrected chi connectivity index (χ1v) is 8.10. The normalized spacial score (nSPS) is 31.5. The highest BCUT2D eigenvalue weighted by Gasteiger charge is 2.40. The Morgan fingerprint density at radius 1 is 1.30 bits per heavy atom.